The van der Waals surface area contributed by atoms with Gasteiger partial charge in [-0.15, -0.1) is 0 Å². The fraction of sp³-hybridized carbons (Fsp3) is 0.143. The summed E-state index contributed by atoms with van der Waals surface area (Å²) < 4.78 is 37.0. The Bertz CT molecular complexity index is 821. The van der Waals surface area contributed by atoms with Crippen LogP contribution in [0, 0.1) is 5.82 Å². The molecule has 0 spiro atoms. The maximum atomic E-state index is 13.5. The minimum absolute atomic E-state index is 0.0559. The van der Waals surface area contributed by atoms with E-state index in [2.05, 4.69) is 0 Å². The number of anilines is 3. The van der Waals surface area contributed by atoms with E-state index >= 15 is 0 Å². The van der Waals surface area contributed by atoms with Crippen molar-refractivity contribution in [1.29, 1.82) is 0 Å². The highest BCUT2D eigenvalue weighted by Crippen LogP contribution is 2.38. The van der Waals surface area contributed by atoms with Gasteiger partial charge >= 0.3 is 0 Å². The summed E-state index contributed by atoms with van der Waals surface area (Å²) in [6.45, 7) is 0.561. The molecule has 2 aromatic rings. The van der Waals surface area contributed by atoms with Gasteiger partial charge in [-0.25, -0.2) is 17.9 Å². The Hall–Kier alpha value is -2.12. The summed E-state index contributed by atoms with van der Waals surface area (Å²) in [7, 11) is -3.92. The summed E-state index contributed by atoms with van der Waals surface area (Å²) in [5.74, 6) is -0.367. The lowest BCUT2D eigenvalue weighted by Crippen LogP contribution is -2.20. The Morgan fingerprint density at radius 2 is 1.86 bits per heavy atom. The van der Waals surface area contributed by atoms with E-state index in [4.69, 9.17) is 10.9 Å². The molecule has 2 aromatic carbocycles. The van der Waals surface area contributed by atoms with Crippen LogP contribution in [0.3, 0.4) is 0 Å². The van der Waals surface area contributed by atoms with Crippen molar-refractivity contribution in [3.05, 3.63) is 47.8 Å². The van der Waals surface area contributed by atoms with E-state index in [0.29, 0.717) is 30.0 Å². The summed E-state index contributed by atoms with van der Waals surface area (Å²) in [6, 6.07) is 9.01. The predicted octanol–water partition coefficient (Wildman–Crippen LogP) is 1.75. The van der Waals surface area contributed by atoms with Crippen LogP contribution in [0.15, 0.2) is 41.3 Å². The third kappa shape index (κ3) is 2.45. The van der Waals surface area contributed by atoms with E-state index in [1.807, 2.05) is 0 Å². The molecule has 7 heteroatoms. The van der Waals surface area contributed by atoms with Crippen molar-refractivity contribution in [2.75, 3.05) is 17.2 Å². The Balaban J connectivity index is 2.18. The summed E-state index contributed by atoms with van der Waals surface area (Å²) in [5.41, 5.74) is 7.99. The highest BCUT2D eigenvalue weighted by Gasteiger charge is 2.26. The lowest BCUT2D eigenvalue weighted by Gasteiger charge is -2.22. The van der Waals surface area contributed by atoms with Crippen LogP contribution in [-0.4, -0.2) is 15.0 Å². The van der Waals surface area contributed by atoms with E-state index in [9.17, 15) is 12.8 Å². The molecule has 1 heterocycles. The van der Waals surface area contributed by atoms with Gasteiger partial charge in [0.2, 0.25) is 10.0 Å². The van der Waals surface area contributed by atoms with Gasteiger partial charge in [0.25, 0.3) is 0 Å². The van der Waals surface area contributed by atoms with Crippen molar-refractivity contribution in [3.63, 3.8) is 0 Å². The first-order chi connectivity index (χ1) is 9.86. The largest absolute Gasteiger partial charge is 0.399 e. The van der Waals surface area contributed by atoms with E-state index < -0.39 is 10.0 Å². The molecule has 0 fully saturated rings. The molecule has 4 N–H and O–H groups in total. The summed E-state index contributed by atoms with van der Waals surface area (Å²) in [5, 5.41) is 5.26. The molecule has 5 nitrogen and oxygen atoms in total. The van der Waals surface area contributed by atoms with Crippen molar-refractivity contribution in [1.82, 2.24) is 0 Å². The van der Waals surface area contributed by atoms with E-state index in [1.54, 1.807) is 23.1 Å². The second-order valence-electron chi connectivity index (χ2n) is 4.95. The lowest BCUT2D eigenvalue weighted by molar-refractivity contribution is 0.598. The van der Waals surface area contributed by atoms with Crippen molar-refractivity contribution >= 4 is 27.1 Å². The molecule has 0 bridgehead atoms. The second kappa shape index (κ2) is 4.71. The number of hydrogen-bond acceptors (Lipinski definition) is 4. The van der Waals surface area contributed by atoms with E-state index in [0.717, 1.165) is 5.56 Å². The van der Waals surface area contributed by atoms with Crippen LogP contribution in [0.5, 0.6) is 0 Å². The van der Waals surface area contributed by atoms with Gasteiger partial charge in [0.15, 0.2) is 0 Å². The van der Waals surface area contributed by atoms with E-state index in [1.165, 1.54) is 18.2 Å². The average molecular weight is 307 g/mol. The summed E-state index contributed by atoms with van der Waals surface area (Å²) >= 11 is 0. The number of benzene rings is 2. The minimum atomic E-state index is -3.92. The molecule has 1 aliphatic rings. The first-order valence-electron chi connectivity index (χ1n) is 6.34. The standard InChI is InChI=1S/C14H14FN3O2S/c15-10-2-1-9-5-6-18(13(9)7-10)12-4-3-11(16)8-14(12)21(17,19)20/h1-4,7-8H,5-6,16H2,(H2,17,19,20). The quantitative estimate of drug-likeness (QED) is 0.827. The number of sulfonamides is 1. The Kier molecular flexibility index (Phi) is 3.11. The normalized spacial score (nSPS) is 14.3. The molecule has 0 atom stereocenters. The number of nitrogen functional groups attached to an aromatic ring is 1. The smallest absolute Gasteiger partial charge is 0.240 e. The molecule has 0 aliphatic carbocycles. The monoisotopic (exact) mass is 307 g/mol. The van der Waals surface area contributed by atoms with Crippen molar-refractivity contribution < 1.29 is 12.8 Å². The third-order valence-electron chi connectivity index (χ3n) is 3.52. The fourth-order valence-electron chi connectivity index (χ4n) is 2.58. The SMILES string of the molecule is Nc1ccc(N2CCc3ccc(F)cc32)c(S(N)(=O)=O)c1. The van der Waals surface area contributed by atoms with Crippen LogP contribution in [-0.2, 0) is 16.4 Å². The van der Waals surface area contributed by atoms with Gasteiger partial charge in [-0.05, 0) is 42.3 Å². The summed E-state index contributed by atoms with van der Waals surface area (Å²) in [6.07, 6.45) is 0.712. The molecular formula is C14H14FN3O2S. The van der Waals surface area contributed by atoms with Crippen molar-refractivity contribution in [2.45, 2.75) is 11.3 Å². The van der Waals surface area contributed by atoms with Gasteiger partial charge in [0, 0.05) is 17.9 Å². The number of rotatable bonds is 2. The highest BCUT2D eigenvalue weighted by molar-refractivity contribution is 7.89. The minimum Gasteiger partial charge on any atom is -0.399 e. The topological polar surface area (TPSA) is 89.4 Å². The van der Waals surface area contributed by atoms with Crippen LogP contribution in [0.4, 0.5) is 21.5 Å². The molecule has 0 saturated carbocycles. The van der Waals surface area contributed by atoms with Gasteiger partial charge < -0.3 is 10.6 Å². The molecule has 0 unspecified atom stereocenters. The predicted molar refractivity (Wildman–Crippen MR) is 79.3 cm³/mol. The molecule has 21 heavy (non-hydrogen) atoms. The Morgan fingerprint density at radius 3 is 2.57 bits per heavy atom. The zero-order valence-corrected chi connectivity index (χ0v) is 11.9. The average Bonchev–Trinajstić information content (AvgIpc) is 2.80. The number of hydrogen-bond donors (Lipinski definition) is 2. The number of nitrogens with two attached hydrogens (primary N) is 2. The zero-order valence-electron chi connectivity index (χ0n) is 11.1. The molecule has 1 aliphatic heterocycles. The maximum Gasteiger partial charge on any atom is 0.240 e. The lowest BCUT2D eigenvalue weighted by atomic mass is 10.1. The Morgan fingerprint density at radius 1 is 1.10 bits per heavy atom. The van der Waals surface area contributed by atoms with Gasteiger partial charge in [-0.3, -0.25) is 0 Å². The molecule has 0 aromatic heterocycles. The van der Waals surface area contributed by atoms with Gasteiger partial charge in [-0.1, -0.05) is 6.07 Å². The van der Waals surface area contributed by atoms with Gasteiger partial charge in [0.05, 0.1) is 5.69 Å². The van der Waals surface area contributed by atoms with Crippen LogP contribution in [0.25, 0.3) is 0 Å². The number of primary sulfonamides is 1. The maximum absolute atomic E-state index is 13.5. The third-order valence-corrected chi connectivity index (χ3v) is 4.46. The van der Waals surface area contributed by atoms with Crippen molar-refractivity contribution in [3.8, 4) is 0 Å². The first-order valence-corrected chi connectivity index (χ1v) is 7.89. The van der Waals surface area contributed by atoms with Crippen LogP contribution in [0.1, 0.15) is 5.56 Å². The van der Waals surface area contributed by atoms with Crippen LogP contribution in [0.2, 0.25) is 0 Å². The van der Waals surface area contributed by atoms with E-state index in [-0.39, 0.29) is 10.7 Å². The number of fused-ring (bicyclic) bond motifs is 1. The number of halogens is 1. The Labute approximate surface area is 122 Å². The highest BCUT2D eigenvalue weighted by atomic mass is 32.2. The molecule has 0 radical (unpaired) electrons. The molecular weight excluding hydrogens is 293 g/mol. The number of nitrogens with zero attached hydrogens (tertiary/aromatic N) is 1. The first kappa shape index (κ1) is 13.8. The van der Waals surface area contributed by atoms with Crippen LogP contribution < -0.4 is 15.8 Å². The molecule has 0 saturated heterocycles. The summed E-state index contributed by atoms with van der Waals surface area (Å²) in [4.78, 5) is 1.69. The van der Waals surface area contributed by atoms with Crippen molar-refractivity contribution in [2.24, 2.45) is 5.14 Å². The molecule has 3 rings (SSSR count). The van der Waals surface area contributed by atoms with Crippen LogP contribution >= 0.6 is 0 Å². The van der Waals surface area contributed by atoms with Gasteiger partial charge in [0.1, 0.15) is 10.7 Å². The fourth-order valence-corrected chi connectivity index (χ4v) is 3.35. The molecule has 110 valence electrons. The zero-order chi connectivity index (χ0) is 15.2. The molecule has 0 amide bonds. The van der Waals surface area contributed by atoms with Gasteiger partial charge in [-0.2, -0.15) is 0 Å². The second-order valence-corrected chi connectivity index (χ2v) is 6.48.